The van der Waals surface area contributed by atoms with Gasteiger partial charge in [-0.3, -0.25) is 38.8 Å². The van der Waals surface area contributed by atoms with Gasteiger partial charge in [0.05, 0.1) is 38.3 Å². The molecule has 0 aromatic heterocycles. The van der Waals surface area contributed by atoms with Crippen molar-refractivity contribution in [3.8, 4) is 5.75 Å². The van der Waals surface area contributed by atoms with Crippen LogP contribution in [0.2, 0.25) is 0 Å². The summed E-state index contributed by atoms with van der Waals surface area (Å²) in [5.41, 5.74) is 12.6. The first-order valence-corrected chi connectivity index (χ1v) is 18.4. The molecule has 16 N–H and O–H groups in total. The zero-order valence-electron chi connectivity index (χ0n) is 31.3. The molecule has 2 aromatic rings. The minimum atomic E-state index is -1.94. The molecule has 1 saturated heterocycles. The molecule has 0 aliphatic carbocycles. The standard InChI is InChI=1S/C36H48N12O10/c1-16(18-5-3-2-4-6-18)25-32(56)42-20(11-17-7-9-19(50)10-8-17)31(55)47-27(29(53)22-13-41-36(38)45-22)34(58)48-26(28(52)21-12-40-35(37)44-21)33(57)43-23(15-49)30(54)39-14-24(51)46-25/h2-10,16,20-23,25-29,49-50,52-53H,11-15H2,1H3,(H,39,54)(H,42,56)(H,43,57)(H,46,51)(H,47,55)(H,48,58)(H3,37,40,44)(H3,38,41,45)/t16?,20-,21?,22?,23+,25+,26-,27+,28?,29?/m1/s1. The van der Waals surface area contributed by atoms with Gasteiger partial charge in [-0.25, -0.2) is 0 Å². The number of phenols is 1. The molecule has 2 aromatic carbocycles. The number of hydrogen-bond acceptors (Lipinski definition) is 16. The lowest BCUT2D eigenvalue weighted by Crippen LogP contribution is -2.67. The molecule has 3 aliphatic heterocycles. The number of rotatable bonds is 9. The Hall–Kier alpha value is -6.52. The van der Waals surface area contributed by atoms with Crippen molar-refractivity contribution in [2.24, 2.45) is 21.5 Å². The van der Waals surface area contributed by atoms with Crippen LogP contribution >= 0.6 is 0 Å². The van der Waals surface area contributed by atoms with Gasteiger partial charge in [0.1, 0.15) is 48.2 Å². The predicted octanol–water partition coefficient (Wildman–Crippen LogP) is -6.42. The summed E-state index contributed by atoms with van der Waals surface area (Å²) in [5.74, 6) is -7.05. The fraction of sp³-hybridized carbons (Fsp3) is 0.444. The highest BCUT2D eigenvalue weighted by molar-refractivity contribution is 5.98. The number of hydrogen-bond donors (Lipinski definition) is 14. The fourth-order valence-electron chi connectivity index (χ4n) is 6.59. The molecule has 22 nitrogen and oxygen atoms in total. The molecular weight excluding hydrogens is 760 g/mol. The molecule has 5 rings (SSSR count). The van der Waals surface area contributed by atoms with E-state index in [1.54, 1.807) is 37.3 Å². The smallest absolute Gasteiger partial charge is 0.246 e. The highest BCUT2D eigenvalue weighted by Gasteiger charge is 2.43. The summed E-state index contributed by atoms with van der Waals surface area (Å²) in [6, 6.07) is 3.82. The van der Waals surface area contributed by atoms with Crippen LogP contribution < -0.4 is 54.0 Å². The van der Waals surface area contributed by atoms with E-state index < -0.39 is 109 Å². The Morgan fingerprint density at radius 3 is 1.71 bits per heavy atom. The topological polar surface area (TPSA) is 356 Å². The maximum atomic E-state index is 14.3. The molecule has 3 aliphatic rings. The van der Waals surface area contributed by atoms with Crippen molar-refractivity contribution in [3.05, 3.63) is 65.7 Å². The van der Waals surface area contributed by atoms with Crippen LogP contribution in [0, 0.1) is 0 Å². The highest BCUT2D eigenvalue weighted by atomic mass is 16.3. The minimum absolute atomic E-state index is 0.0695. The van der Waals surface area contributed by atoms with E-state index in [0.29, 0.717) is 11.1 Å². The van der Waals surface area contributed by atoms with Crippen molar-refractivity contribution in [2.75, 3.05) is 26.2 Å². The van der Waals surface area contributed by atoms with Crippen molar-refractivity contribution in [1.82, 2.24) is 42.5 Å². The maximum absolute atomic E-state index is 14.3. The van der Waals surface area contributed by atoms with Gasteiger partial charge in [0.2, 0.25) is 35.4 Å². The fourth-order valence-corrected chi connectivity index (χ4v) is 6.59. The summed E-state index contributed by atoms with van der Waals surface area (Å²) in [7, 11) is 0. The molecule has 0 bridgehead atoms. The van der Waals surface area contributed by atoms with Gasteiger partial charge >= 0.3 is 0 Å². The first-order valence-electron chi connectivity index (χ1n) is 18.4. The second-order valence-electron chi connectivity index (χ2n) is 14.0. The second kappa shape index (κ2) is 19.1. The summed E-state index contributed by atoms with van der Waals surface area (Å²) < 4.78 is 0. The molecule has 1 fully saturated rings. The van der Waals surface area contributed by atoms with E-state index >= 15 is 0 Å². The van der Waals surface area contributed by atoms with Crippen LogP contribution in [0.1, 0.15) is 24.0 Å². The number of carbonyl (C=O) groups excluding carboxylic acids is 6. The number of carbonyl (C=O) groups is 6. The Morgan fingerprint density at radius 2 is 1.17 bits per heavy atom. The summed E-state index contributed by atoms with van der Waals surface area (Å²) in [4.78, 5) is 91.1. The average Bonchev–Trinajstić information content (AvgIpc) is 3.86. The third kappa shape index (κ3) is 10.7. The number of aliphatic hydroxyl groups is 3. The molecule has 6 amide bonds. The third-order valence-corrected chi connectivity index (χ3v) is 9.92. The Kier molecular flexibility index (Phi) is 14.0. The number of nitrogens with one attached hydrogen (secondary N) is 8. The van der Waals surface area contributed by atoms with Crippen LogP contribution in [-0.4, -0.2) is 149 Å². The lowest BCUT2D eigenvalue weighted by atomic mass is 9.92. The lowest BCUT2D eigenvalue weighted by molar-refractivity contribution is -0.139. The van der Waals surface area contributed by atoms with E-state index in [1.165, 1.54) is 24.3 Å². The van der Waals surface area contributed by atoms with E-state index in [1.807, 2.05) is 0 Å². The molecule has 58 heavy (non-hydrogen) atoms. The molecule has 22 heteroatoms. The summed E-state index contributed by atoms with van der Waals surface area (Å²) in [6.45, 7) is -0.329. The number of nitrogens with two attached hydrogens (primary N) is 2. The van der Waals surface area contributed by atoms with Gasteiger partial charge in [-0.2, -0.15) is 0 Å². The summed E-state index contributed by atoms with van der Waals surface area (Å²) in [6.07, 6.45) is -3.85. The molecule has 3 heterocycles. The number of amides is 6. The van der Waals surface area contributed by atoms with Gasteiger partial charge in [0.15, 0.2) is 11.9 Å². The van der Waals surface area contributed by atoms with Gasteiger partial charge in [0.25, 0.3) is 0 Å². The van der Waals surface area contributed by atoms with Gasteiger partial charge in [-0.15, -0.1) is 0 Å². The van der Waals surface area contributed by atoms with E-state index in [-0.39, 0.29) is 37.2 Å². The zero-order valence-corrected chi connectivity index (χ0v) is 31.3. The summed E-state index contributed by atoms with van der Waals surface area (Å²) in [5, 5.41) is 62.9. The van der Waals surface area contributed by atoms with Crippen LogP contribution in [0.5, 0.6) is 5.75 Å². The molecular formula is C36H48N12O10. The van der Waals surface area contributed by atoms with Gasteiger partial charge in [-0.05, 0) is 23.3 Å². The van der Waals surface area contributed by atoms with E-state index in [4.69, 9.17) is 11.5 Å². The van der Waals surface area contributed by atoms with Crippen LogP contribution in [0.3, 0.4) is 0 Å². The molecule has 312 valence electrons. The van der Waals surface area contributed by atoms with E-state index in [9.17, 15) is 49.2 Å². The number of phenolic OH excluding ortho intramolecular Hbond substituents is 1. The van der Waals surface area contributed by atoms with Crippen molar-refractivity contribution >= 4 is 47.4 Å². The average molecular weight is 809 g/mol. The third-order valence-electron chi connectivity index (χ3n) is 9.92. The molecule has 10 atom stereocenters. The first-order chi connectivity index (χ1) is 27.6. The van der Waals surface area contributed by atoms with Gasteiger partial charge in [-0.1, -0.05) is 49.4 Å². The van der Waals surface area contributed by atoms with Crippen molar-refractivity contribution in [3.63, 3.8) is 0 Å². The van der Waals surface area contributed by atoms with Gasteiger partial charge < -0.3 is 74.4 Å². The quantitative estimate of drug-likeness (QED) is 0.112. The van der Waals surface area contributed by atoms with E-state index in [0.717, 1.165) is 0 Å². The van der Waals surface area contributed by atoms with E-state index in [2.05, 4.69) is 52.5 Å². The van der Waals surface area contributed by atoms with Crippen LogP contribution in [0.4, 0.5) is 0 Å². The number of aliphatic imine (C=N–C) groups is 2. The number of aliphatic hydroxyl groups excluding tert-OH is 3. The zero-order chi connectivity index (χ0) is 42.1. The number of nitrogens with zero attached hydrogens (tertiary/aromatic N) is 2. The Morgan fingerprint density at radius 1 is 0.655 bits per heavy atom. The van der Waals surface area contributed by atoms with Crippen molar-refractivity contribution in [1.29, 1.82) is 0 Å². The van der Waals surface area contributed by atoms with Crippen LogP contribution in [0.25, 0.3) is 0 Å². The number of benzene rings is 2. The number of aromatic hydroxyl groups is 1. The van der Waals surface area contributed by atoms with Crippen molar-refractivity contribution < 1.29 is 49.2 Å². The normalized spacial score (nSPS) is 27.9. The second-order valence-corrected chi connectivity index (χ2v) is 14.0. The van der Waals surface area contributed by atoms with Crippen LogP contribution in [0.15, 0.2) is 64.6 Å². The Bertz CT molecular complexity index is 1900. The Labute approximate surface area is 331 Å². The predicted molar refractivity (Wildman–Crippen MR) is 205 cm³/mol. The Balaban J connectivity index is 1.56. The molecule has 0 spiro atoms. The molecule has 0 saturated carbocycles. The number of guanidine groups is 2. The highest BCUT2D eigenvalue weighted by Crippen LogP contribution is 2.20. The molecule has 5 unspecified atom stereocenters. The van der Waals surface area contributed by atoms with Gasteiger partial charge in [0, 0.05) is 12.3 Å². The minimum Gasteiger partial charge on any atom is -0.508 e. The van der Waals surface area contributed by atoms with Crippen molar-refractivity contribution in [2.45, 2.75) is 73.8 Å². The lowest BCUT2D eigenvalue weighted by Gasteiger charge is -2.33. The molecule has 0 radical (unpaired) electrons. The SMILES string of the molecule is CC(c1ccccc1)[C@@H]1NC(=O)CNC(=O)[C@H](CO)NC(=O)[C@@H](C(O)C2CN=C(N)N2)NC(=O)[C@H](C(O)C2CN=C(N)N2)NC(=O)[C@@H](Cc2ccc(O)cc2)NC1=O. The first kappa shape index (κ1) is 42.6. The maximum Gasteiger partial charge on any atom is 0.246 e. The summed E-state index contributed by atoms with van der Waals surface area (Å²) >= 11 is 0. The van der Waals surface area contributed by atoms with Crippen LogP contribution in [-0.2, 0) is 35.2 Å². The largest absolute Gasteiger partial charge is 0.508 e. The monoisotopic (exact) mass is 808 g/mol.